The SMILES string of the molecule is COc1ccc2cc(-c3ccc(-c4ccc(C)cn4)nc3)c(=NCCc3ccccc3)oc2c1. The number of aryl methyl sites for hydroxylation is 1. The maximum Gasteiger partial charge on any atom is 0.222 e. The Labute approximate surface area is 198 Å². The van der Waals surface area contributed by atoms with E-state index in [9.17, 15) is 0 Å². The van der Waals surface area contributed by atoms with Crippen LogP contribution in [-0.4, -0.2) is 23.6 Å². The molecule has 0 aliphatic heterocycles. The second-order valence-electron chi connectivity index (χ2n) is 8.14. The van der Waals surface area contributed by atoms with E-state index in [-0.39, 0.29) is 0 Å². The van der Waals surface area contributed by atoms with Gasteiger partial charge in [0, 0.05) is 41.5 Å². The van der Waals surface area contributed by atoms with Gasteiger partial charge >= 0.3 is 0 Å². The van der Waals surface area contributed by atoms with Gasteiger partial charge in [0.1, 0.15) is 11.3 Å². The van der Waals surface area contributed by atoms with Crippen LogP contribution in [0.4, 0.5) is 0 Å². The minimum atomic E-state index is 0.583. The largest absolute Gasteiger partial charge is 0.497 e. The first-order chi connectivity index (χ1) is 16.7. The molecule has 0 N–H and O–H groups in total. The molecule has 2 aromatic carbocycles. The number of nitrogens with zero attached hydrogens (tertiary/aromatic N) is 3. The molecule has 34 heavy (non-hydrogen) atoms. The monoisotopic (exact) mass is 447 g/mol. The highest BCUT2D eigenvalue weighted by atomic mass is 16.5. The number of methoxy groups -OCH3 is 1. The van der Waals surface area contributed by atoms with Crippen molar-refractivity contribution in [2.24, 2.45) is 4.99 Å². The average molecular weight is 448 g/mol. The molecule has 168 valence electrons. The molecule has 3 heterocycles. The molecule has 5 heteroatoms. The first-order valence-electron chi connectivity index (χ1n) is 11.3. The molecule has 0 unspecified atom stereocenters. The van der Waals surface area contributed by atoms with Crippen LogP contribution in [0.1, 0.15) is 11.1 Å². The van der Waals surface area contributed by atoms with Crippen molar-refractivity contribution in [2.75, 3.05) is 13.7 Å². The van der Waals surface area contributed by atoms with Crippen LogP contribution in [0.2, 0.25) is 0 Å². The summed E-state index contributed by atoms with van der Waals surface area (Å²) < 4.78 is 11.6. The molecule has 0 saturated carbocycles. The molecule has 0 bridgehead atoms. The van der Waals surface area contributed by atoms with E-state index < -0.39 is 0 Å². The normalized spacial score (nSPS) is 11.6. The summed E-state index contributed by atoms with van der Waals surface area (Å²) in [5.74, 6) is 0.746. The summed E-state index contributed by atoms with van der Waals surface area (Å²) in [6.07, 6.45) is 4.54. The molecular formula is C29H25N3O2. The van der Waals surface area contributed by atoms with Gasteiger partial charge < -0.3 is 9.15 Å². The van der Waals surface area contributed by atoms with Crippen molar-refractivity contribution < 1.29 is 9.15 Å². The Morgan fingerprint density at radius 3 is 2.35 bits per heavy atom. The van der Waals surface area contributed by atoms with Crippen LogP contribution in [-0.2, 0) is 6.42 Å². The van der Waals surface area contributed by atoms with Crippen LogP contribution < -0.4 is 10.3 Å². The average Bonchev–Trinajstić information content (AvgIpc) is 2.89. The molecule has 3 aromatic heterocycles. The zero-order valence-corrected chi connectivity index (χ0v) is 19.2. The molecule has 0 amide bonds. The van der Waals surface area contributed by atoms with Crippen LogP contribution in [0.25, 0.3) is 33.5 Å². The van der Waals surface area contributed by atoms with Gasteiger partial charge in [-0.15, -0.1) is 0 Å². The summed E-state index contributed by atoms with van der Waals surface area (Å²) in [4.78, 5) is 14.0. The van der Waals surface area contributed by atoms with Crippen molar-refractivity contribution in [3.05, 3.63) is 108 Å². The van der Waals surface area contributed by atoms with Crippen LogP contribution >= 0.6 is 0 Å². The van der Waals surface area contributed by atoms with Crippen molar-refractivity contribution in [3.8, 4) is 28.3 Å². The van der Waals surface area contributed by atoms with Crippen molar-refractivity contribution in [1.82, 2.24) is 9.97 Å². The molecule has 0 fully saturated rings. The number of fused-ring (bicyclic) bond motifs is 1. The van der Waals surface area contributed by atoms with Crippen LogP contribution in [0.15, 0.2) is 101 Å². The molecule has 0 radical (unpaired) electrons. The Morgan fingerprint density at radius 2 is 1.65 bits per heavy atom. The zero-order valence-electron chi connectivity index (χ0n) is 19.2. The maximum atomic E-state index is 6.27. The second-order valence-corrected chi connectivity index (χ2v) is 8.14. The predicted octanol–water partition coefficient (Wildman–Crippen LogP) is 6.02. The third kappa shape index (κ3) is 4.74. The lowest BCUT2D eigenvalue weighted by molar-refractivity contribution is 0.414. The van der Waals surface area contributed by atoms with E-state index >= 15 is 0 Å². The Bertz CT molecular complexity index is 1470. The lowest BCUT2D eigenvalue weighted by Crippen LogP contribution is -2.08. The highest BCUT2D eigenvalue weighted by molar-refractivity contribution is 5.82. The third-order valence-corrected chi connectivity index (χ3v) is 5.70. The number of benzene rings is 2. The summed E-state index contributed by atoms with van der Waals surface area (Å²) >= 11 is 0. The number of ether oxygens (including phenoxy) is 1. The Hall–Kier alpha value is -4.25. The van der Waals surface area contributed by atoms with Gasteiger partial charge in [0.2, 0.25) is 5.55 Å². The fraction of sp³-hybridized carbons (Fsp3) is 0.138. The maximum absolute atomic E-state index is 6.27. The minimum Gasteiger partial charge on any atom is -0.497 e. The zero-order chi connectivity index (χ0) is 23.3. The summed E-state index contributed by atoms with van der Waals surface area (Å²) in [7, 11) is 1.65. The van der Waals surface area contributed by atoms with E-state index in [4.69, 9.17) is 14.1 Å². The minimum absolute atomic E-state index is 0.583. The highest BCUT2D eigenvalue weighted by Gasteiger charge is 2.10. The first-order valence-corrected chi connectivity index (χ1v) is 11.3. The van der Waals surface area contributed by atoms with Crippen molar-refractivity contribution in [1.29, 1.82) is 0 Å². The summed E-state index contributed by atoms with van der Waals surface area (Å²) in [6.45, 7) is 2.64. The molecule has 5 aromatic rings. The Kier molecular flexibility index (Phi) is 6.17. The van der Waals surface area contributed by atoms with Crippen LogP contribution in [0.5, 0.6) is 5.75 Å². The Balaban J connectivity index is 1.54. The molecule has 0 spiro atoms. The third-order valence-electron chi connectivity index (χ3n) is 5.70. The van der Waals surface area contributed by atoms with E-state index in [1.165, 1.54) is 5.56 Å². The van der Waals surface area contributed by atoms with Gasteiger partial charge in [-0.1, -0.05) is 42.5 Å². The van der Waals surface area contributed by atoms with Gasteiger partial charge in [0.05, 0.1) is 18.5 Å². The van der Waals surface area contributed by atoms with Gasteiger partial charge in [-0.05, 0) is 54.8 Å². The molecule has 0 atom stereocenters. The number of pyridine rings is 2. The van der Waals surface area contributed by atoms with Gasteiger partial charge in [0.25, 0.3) is 0 Å². The Morgan fingerprint density at radius 1 is 0.853 bits per heavy atom. The van der Waals surface area contributed by atoms with E-state index in [0.29, 0.717) is 12.1 Å². The van der Waals surface area contributed by atoms with Crippen molar-refractivity contribution in [2.45, 2.75) is 13.3 Å². The quantitative estimate of drug-likeness (QED) is 0.319. The molecule has 0 aliphatic carbocycles. The van der Waals surface area contributed by atoms with Crippen molar-refractivity contribution >= 4 is 11.0 Å². The standard InChI is InChI=1S/C29H25N3O2/c1-20-8-12-26(31-18-20)27-13-10-23(19-32-27)25-16-22-9-11-24(33-2)17-28(22)34-29(25)30-15-14-21-6-4-3-5-7-21/h3-13,16-19H,14-15H2,1-2H3. The van der Waals surface area contributed by atoms with Crippen LogP contribution in [0.3, 0.4) is 0 Å². The van der Waals surface area contributed by atoms with Gasteiger partial charge in [-0.2, -0.15) is 0 Å². The second kappa shape index (κ2) is 9.71. The van der Waals surface area contributed by atoms with Crippen LogP contribution in [0, 0.1) is 6.92 Å². The molecule has 0 saturated heterocycles. The van der Waals surface area contributed by atoms with E-state index in [2.05, 4.69) is 28.2 Å². The summed E-state index contributed by atoms with van der Waals surface area (Å²) in [5.41, 5.74) is 7.20. The number of hydrogen-bond donors (Lipinski definition) is 0. The smallest absolute Gasteiger partial charge is 0.222 e. The van der Waals surface area contributed by atoms with Gasteiger partial charge in [-0.25, -0.2) is 0 Å². The van der Waals surface area contributed by atoms with Gasteiger partial charge in [-0.3, -0.25) is 15.0 Å². The summed E-state index contributed by atoms with van der Waals surface area (Å²) in [5, 5.41) is 0.974. The highest BCUT2D eigenvalue weighted by Crippen LogP contribution is 2.25. The topological polar surface area (TPSA) is 60.5 Å². The lowest BCUT2D eigenvalue weighted by atomic mass is 10.1. The molecule has 5 nitrogen and oxygen atoms in total. The number of hydrogen-bond acceptors (Lipinski definition) is 5. The van der Waals surface area contributed by atoms with E-state index in [1.54, 1.807) is 7.11 Å². The number of aromatic nitrogens is 2. The summed E-state index contributed by atoms with van der Waals surface area (Å²) in [6, 6.07) is 26.3. The van der Waals surface area contributed by atoms with E-state index in [0.717, 1.165) is 51.2 Å². The van der Waals surface area contributed by atoms with Crippen molar-refractivity contribution in [3.63, 3.8) is 0 Å². The fourth-order valence-electron chi connectivity index (χ4n) is 3.81. The van der Waals surface area contributed by atoms with E-state index in [1.807, 2.05) is 80.0 Å². The number of rotatable bonds is 6. The predicted molar refractivity (Wildman–Crippen MR) is 135 cm³/mol. The molecule has 0 aliphatic rings. The lowest BCUT2D eigenvalue weighted by Gasteiger charge is -2.08. The van der Waals surface area contributed by atoms with Gasteiger partial charge in [0.15, 0.2) is 0 Å². The first kappa shape index (κ1) is 21.6. The fourth-order valence-corrected chi connectivity index (χ4v) is 3.81. The molecular weight excluding hydrogens is 422 g/mol. The molecule has 5 rings (SSSR count).